The molecule has 0 aromatic heterocycles. The highest BCUT2D eigenvalue weighted by Gasteiger charge is 2.03. The number of nitrogens with zero attached hydrogens (tertiary/aromatic N) is 1. The lowest BCUT2D eigenvalue weighted by Gasteiger charge is -2.03. The maximum absolute atomic E-state index is 11.8. The lowest BCUT2D eigenvalue weighted by atomic mass is 10.2. The van der Waals surface area contributed by atoms with Gasteiger partial charge >= 0.3 is 0 Å². The summed E-state index contributed by atoms with van der Waals surface area (Å²) in [5.74, 6) is -0.253. The molecule has 6 heteroatoms. The van der Waals surface area contributed by atoms with E-state index in [9.17, 15) is 14.9 Å². The normalized spacial score (nSPS) is 10.6. The fourth-order valence-electron chi connectivity index (χ4n) is 1.76. The van der Waals surface area contributed by atoms with E-state index in [1.807, 2.05) is 30.5 Å². The van der Waals surface area contributed by atoms with Crippen LogP contribution >= 0.6 is 11.8 Å². The number of benzene rings is 2. The number of rotatable bonds is 5. The Morgan fingerprint density at radius 2 is 1.95 bits per heavy atom. The van der Waals surface area contributed by atoms with Gasteiger partial charge < -0.3 is 5.32 Å². The van der Waals surface area contributed by atoms with Gasteiger partial charge in [-0.25, -0.2) is 0 Å². The van der Waals surface area contributed by atoms with Crippen molar-refractivity contribution in [2.24, 2.45) is 0 Å². The molecule has 0 aliphatic rings. The number of nitro groups is 1. The SMILES string of the molecule is CSc1cccc(NC(=O)/C=C/c2ccc([N+](=O)[O-])cc2)c1. The van der Waals surface area contributed by atoms with Gasteiger partial charge in [0.05, 0.1) is 4.92 Å². The highest BCUT2D eigenvalue weighted by atomic mass is 32.2. The second-order valence-corrected chi connectivity index (χ2v) is 5.28. The number of thioether (sulfide) groups is 1. The molecular weight excluding hydrogens is 300 g/mol. The first-order valence-electron chi connectivity index (χ1n) is 6.46. The fraction of sp³-hybridized carbons (Fsp3) is 0.0625. The van der Waals surface area contributed by atoms with Gasteiger partial charge in [-0.05, 0) is 48.2 Å². The van der Waals surface area contributed by atoms with Crippen LogP contribution in [0.4, 0.5) is 11.4 Å². The monoisotopic (exact) mass is 314 g/mol. The average molecular weight is 314 g/mol. The molecule has 2 aromatic carbocycles. The van der Waals surface area contributed by atoms with Gasteiger partial charge in [-0.2, -0.15) is 0 Å². The topological polar surface area (TPSA) is 72.2 Å². The van der Waals surface area contributed by atoms with E-state index < -0.39 is 4.92 Å². The van der Waals surface area contributed by atoms with Gasteiger partial charge in [0.2, 0.25) is 5.91 Å². The van der Waals surface area contributed by atoms with E-state index in [1.54, 1.807) is 30.0 Å². The van der Waals surface area contributed by atoms with Crippen molar-refractivity contribution in [3.63, 3.8) is 0 Å². The molecule has 0 radical (unpaired) electrons. The Kier molecular flexibility index (Phi) is 5.32. The molecule has 0 bridgehead atoms. The van der Waals surface area contributed by atoms with Crippen molar-refractivity contribution in [3.05, 3.63) is 70.3 Å². The number of nitrogens with one attached hydrogen (secondary N) is 1. The van der Waals surface area contributed by atoms with Crippen LogP contribution in [0.15, 0.2) is 59.5 Å². The van der Waals surface area contributed by atoms with Crippen LogP contribution in [-0.4, -0.2) is 17.1 Å². The van der Waals surface area contributed by atoms with Crippen LogP contribution in [0.3, 0.4) is 0 Å². The minimum absolute atomic E-state index is 0.0236. The third-order valence-corrected chi connectivity index (χ3v) is 3.59. The number of carbonyl (C=O) groups is 1. The van der Waals surface area contributed by atoms with Crippen LogP contribution in [0.1, 0.15) is 5.56 Å². The Hall–Kier alpha value is -2.60. The minimum Gasteiger partial charge on any atom is -0.322 e. The molecule has 2 aromatic rings. The van der Waals surface area contributed by atoms with Gasteiger partial charge in [-0.1, -0.05) is 6.07 Å². The summed E-state index contributed by atoms with van der Waals surface area (Å²) in [7, 11) is 0. The molecule has 22 heavy (non-hydrogen) atoms. The van der Waals surface area contributed by atoms with E-state index in [4.69, 9.17) is 0 Å². The molecular formula is C16H14N2O3S. The van der Waals surface area contributed by atoms with Crippen molar-refractivity contribution in [2.45, 2.75) is 4.90 Å². The number of nitro benzene ring substituents is 1. The maximum Gasteiger partial charge on any atom is 0.269 e. The summed E-state index contributed by atoms with van der Waals surface area (Å²) in [5, 5.41) is 13.3. The summed E-state index contributed by atoms with van der Waals surface area (Å²) >= 11 is 1.60. The number of amides is 1. The standard InChI is InChI=1S/C16H14N2O3S/c1-22-15-4-2-3-13(11-15)17-16(19)10-7-12-5-8-14(9-6-12)18(20)21/h2-11H,1H3,(H,17,19)/b10-7+. The van der Waals surface area contributed by atoms with Crippen LogP contribution in [0.5, 0.6) is 0 Å². The number of anilines is 1. The molecule has 1 N–H and O–H groups in total. The summed E-state index contributed by atoms with van der Waals surface area (Å²) in [6, 6.07) is 13.5. The molecule has 0 heterocycles. The molecule has 0 unspecified atom stereocenters. The van der Waals surface area contributed by atoms with Gasteiger partial charge in [-0.3, -0.25) is 14.9 Å². The van der Waals surface area contributed by atoms with Gasteiger partial charge in [0.1, 0.15) is 0 Å². The van der Waals surface area contributed by atoms with Crippen LogP contribution in [0.25, 0.3) is 6.08 Å². The lowest BCUT2D eigenvalue weighted by molar-refractivity contribution is -0.384. The molecule has 0 atom stereocenters. The molecule has 112 valence electrons. The second-order valence-electron chi connectivity index (χ2n) is 4.40. The highest BCUT2D eigenvalue weighted by molar-refractivity contribution is 7.98. The molecule has 0 fully saturated rings. The third-order valence-electron chi connectivity index (χ3n) is 2.87. The van der Waals surface area contributed by atoms with E-state index in [2.05, 4.69) is 5.32 Å². The summed E-state index contributed by atoms with van der Waals surface area (Å²) < 4.78 is 0. The zero-order valence-corrected chi connectivity index (χ0v) is 12.7. The van der Waals surface area contributed by atoms with E-state index in [1.165, 1.54) is 18.2 Å². The maximum atomic E-state index is 11.8. The number of hydrogen-bond donors (Lipinski definition) is 1. The molecule has 1 amide bonds. The molecule has 2 rings (SSSR count). The second kappa shape index (κ2) is 7.42. The van der Waals surface area contributed by atoms with E-state index in [-0.39, 0.29) is 11.6 Å². The predicted molar refractivity (Wildman–Crippen MR) is 89.0 cm³/mol. The van der Waals surface area contributed by atoms with Crippen molar-refractivity contribution < 1.29 is 9.72 Å². The van der Waals surface area contributed by atoms with E-state index >= 15 is 0 Å². The Labute approximate surface area is 132 Å². The molecule has 0 spiro atoms. The van der Waals surface area contributed by atoms with Gasteiger partial charge in [0.15, 0.2) is 0 Å². The van der Waals surface area contributed by atoms with Crippen LogP contribution in [-0.2, 0) is 4.79 Å². The smallest absolute Gasteiger partial charge is 0.269 e. The predicted octanol–water partition coefficient (Wildman–Crippen LogP) is 3.97. The first-order chi connectivity index (χ1) is 10.6. The van der Waals surface area contributed by atoms with Crippen molar-refractivity contribution in [1.82, 2.24) is 0 Å². The van der Waals surface area contributed by atoms with Gasteiger partial charge in [0.25, 0.3) is 5.69 Å². The first kappa shape index (κ1) is 15.8. The van der Waals surface area contributed by atoms with E-state index in [0.29, 0.717) is 0 Å². The van der Waals surface area contributed by atoms with E-state index in [0.717, 1.165) is 16.1 Å². The number of hydrogen-bond acceptors (Lipinski definition) is 4. The van der Waals surface area contributed by atoms with Crippen LogP contribution < -0.4 is 5.32 Å². The highest BCUT2D eigenvalue weighted by Crippen LogP contribution is 2.19. The Balaban J connectivity index is 2.00. The molecule has 0 aliphatic carbocycles. The number of non-ortho nitro benzene ring substituents is 1. The quantitative estimate of drug-likeness (QED) is 0.392. The molecule has 0 aliphatic heterocycles. The summed E-state index contributed by atoms with van der Waals surface area (Å²) in [4.78, 5) is 23.0. The van der Waals surface area contributed by atoms with Crippen LogP contribution in [0, 0.1) is 10.1 Å². The summed E-state index contributed by atoms with van der Waals surface area (Å²) in [5.41, 5.74) is 1.47. The molecule has 0 saturated carbocycles. The van der Waals surface area contributed by atoms with Crippen molar-refractivity contribution in [2.75, 3.05) is 11.6 Å². The van der Waals surface area contributed by atoms with Crippen molar-refractivity contribution >= 4 is 35.1 Å². The Morgan fingerprint density at radius 3 is 2.59 bits per heavy atom. The largest absolute Gasteiger partial charge is 0.322 e. The molecule has 5 nitrogen and oxygen atoms in total. The Bertz CT molecular complexity index is 712. The average Bonchev–Trinajstić information content (AvgIpc) is 2.53. The zero-order chi connectivity index (χ0) is 15.9. The Morgan fingerprint density at radius 1 is 1.23 bits per heavy atom. The zero-order valence-electron chi connectivity index (χ0n) is 11.9. The summed E-state index contributed by atoms with van der Waals surface area (Å²) in [6.45, 7) is 0. The molecule has 0 saturated heterocycles. The van der Waals surface area contributed by atoms with Crippen molar-refractivity contribution in [3.8, 4) is 0 Å². The van der Waals surface area contributed by atoms with Gasteiger partial charge in [-0.15, -0.1) is 11.8 Å². The fourth-order valence-corrected chi connectivity index (χ4v) is 2.22. The van der Waals surface area contributed by atoms with Crippen LogP contribution in [0.2, 0.25) is 0 Å². The van der Waals surface area contributed by atoms with Crippen molar-refractivity contribution in [1.29, 1.82) is 0 Å². The third kappa shape index (κ3) is 4.46. The minimum atomic E-state index is -0.459. The number of carbonyl (C=O) groups excluding carboxylic acids is 1. The first-order valence-corrected chi connectivity index (χ1v) is 7.68. The lowest BCUT2D eigenvalue weighted by Crippen LogP contribution is -2.07. The summed E-state index contributed by atoms with van der Waals surface area (Å²) in [6.07, 6.45) is 4.97. The van der Waals surface area contributed by atoms with Gasteiger partial charge in [0, 0.05) is 28.8 Å².